The highest BCUT2D eigenvalue weighted by atomic mass is 16.2. The topological polar surface area (TPSA) is 104 Å². The predicted molar refractivity (Wildman–Crippen MR) is 233 cm³/mol. The van der Waals surface area contributed by atoms with E-state index in [0.717, 1.165) is 110 Å². The number of likely N-dealkylation sites (N-methyl/N-ethyl adjacent to an activating group) is 2. The molecule has 0 bridgehead atoms. The molecule has 2 N–H and O–H groups in total. The van der Waals surface area contributed by atoms with E-state index in [2.05, 4.69) is 108 Å². The Morgan fingerprint density at radius 1 is 0.603 bits per heavy atom. The van der Waals surface area contributed by atoms with E-state index >= 15 is 0 Å². The number of benzene rings is 3. The van der Waals surface area contributed by atoms with Gasteiger partial charge >= 0.3 is 0 Å². The molecule has 5 aromatic rings. The largest absolute Gasteiger partial charge is 0.341 e. The lowest BCUT2D eigenvalue weighted by molar-refractivity contribution is -0.139. The lowest BCUT2D eigenvalue weighted by atomic mass is 10.0. The third-order valence-electron chi connectivity index (χ3n) is 11.8. The van der Waals surface area contributed by atoms with E-state index in [1.807, 2.05) is 70.7 Å². The smallest absolute Gasteiger partial charge is 0.245 e. The number of rotatable bonds is 16. The minimum Gasteiger partial charge on any atom is -0.341 e. The molecule has 1 unspecified atom stereocenters. The van der Waals surface area contributed by atoms with Crippen LogP contribution >= 0.6 is 0 Å². The molecule has 58 heavy (non-hydrogen) atoms. The SMILES string of the molecule is CCN(CC)C(C(=O)N1CCC[C@H]1c1ncc(/C=C/c2ccc(/C=C/c3cnc([C@@H]4CCCN4C(=O)[C@@H](c4ccccc4)N(CC)CC)[nH]3)cc2)[nH]1)c1ccccc1. The van der Waals surface area contributed by atoms with Crippen molar-refractivity contribution in [1.82, 2.24) is 39.5 Å². The number of imidazole rings is 2. The van der Waals surface area contributed by atoms with Gasteiger partial charge in [0, 0.05) is 13.1 Å². The fraction of sp³-hybridized carbons (Fsp3) is 0.375. The highest BCUT2D eigenvalue weighted by Crippen LogP contribution is 2.36. The van der Waals surface area contributed by atoms with Crippen molar-refractivity contribution in [2.75, 3.05) is 39.3 Å². The summed E-state index contributed by atoms with van der Waals surface area (Å²) >= 11 is 0. The molecule has 2 aromatic heterocycles. The van der Waals surface area contributed by atoms with E-state index in [9.17, 15) is 9.59 Å². The molecule has 4 atom stereocenters. The lowest BCUT2D eigenvalue weighted by Gasteiger charge is -2.34. The summed E-state index contributed by atoms with van der Waals surface area (Å²) in [6, 6.07) is 27.9. The summed E-state index contributed by atoms with van der Waals surface area (Å²) in [5, 5.41) is 0. The van der Waals surface area contributed by atoms with Crippen LogP contribution in [0.4, 0.5) is 0 Å². The summed E-state index contributed by atoms with van der Waals surface area (Å²) in [7, 11) is 0. The summed E-state index contributed by atoms with van der Waals surface area (Å²) in [5.41, 5.74) is 6.02. The molecule has 2 amide bonds. The number of likely N-dealkylation sites (tertiary alicyclic amines) is 2. The zero-order valence-electron chi connectivity index (χ0n) is 34.4. The molecule has 7 rings (SSSR count). The van der Waals surface area contributed by atoms with Crippen LogP contribution in [0.25, 0.3) is 24.3 Å². The Kier molecular flexibility index (Phi) is 13.5. The van der Waals surface area contributed by atoms with Gasteiger partial charge in [-0.25, -0.2) is 9.97 Å². The molecule has 2 fully saturated rings. The van der Waals surface area contributed by atoms with Crippen LogP contribution in [-0.4, -0.2) is 90.6 Å². The van der Waals surface area contributed by atoms with Crippen molar-refractivity contribution >= 4 is 36.1 Å². The van der Waals surface area contributed by atoms with Crippen LogP contribution in [-0.2, 0) is 9.59 Å². The number of hydrogen-bond acceptors (Lipinski definition) is 6. The quantitative estimate of drug-likeness (QED) is 0.104. The standard InChI is InChI=1S/C48H58N8O2/c1-5-53(6-2)43(37-17-11-9-12-18-37)47(57)55-31-15-21-41(55)45-49-33-39(51-45)29-27-35-23-25-36(26-24-35)28-30-40-34-50-46(52-40)42-22-16-32-56(42)48(58)44(54(7-3)8-4)38-19-13-10-14-20-38/h9-14,17-20,23-30,33-34,41-44H,5-8,15-16,21-22,31-32H2,1-4H3,(H,49,51)(H,50,52)/b29-27+,30-28+/t41-,42-,43+,44?/m0/s1. The van der Waals surface area contributed by atoms with Crippen molar-refractivity contribution < 1.29 is 9.59 Å². The number of nitrogens with one attached hydrogen (secondary N) is 2. The molecule has 3 aromatic carbocycles. The monoisotopic (exact) mass is 778 g/mol. The van der Waals surface area contributed by atoms with Crippen LogP contribution in [0.15, 0.2) is 97.3 Å². The molecule has 0 aliphatic carbocycles. The van der Waals surface area contributed by atoms with Gasteiger partial charge in [0.2, 0.25) is 11.8 Å². The average Bonchev–Trinajstić information content (AvgIpc) is 4.11. The molecular formula is C48H58N8O2. The molecule has 10 nitrogen and oxygen atoms in total. The molecule has 0 spiro atoms. The van der Waals surface area contributed by atoms with Crippen LogP contribution in [0.3, 0.4) is 0 Å². The minimum absolute atomic E-state index is 0.0717. The van der Waals surface area contributed by atoms with Gasteiger partial charge in [-0.05, 0) is 86.3 Å². The Morgan fingerprint density at radius 2 is 0.983 bits per heavy atom. The summed E-state index contributed by atoms with van der Waals surface area (Å²) in [4.78, 5) is 53.3. The zero-order valence-corrected chi connectivity index (χ0v) is 34.4. The van der Waals surface area contributed by atoms with Gasteiger partial charge in [0.15, 0.2) is 0 Å². The van der Waals surface area contributed by atoms with Gasteiger partial charge in [-0.3, -0.25) is 19.4 Å². The third kappa shape index (κ3) is 9.09. The molecule has 10 heteroatoms. The third-order valence-corrected chi connectivity index (χ3v) is 11.8. The number of H-pyrrole nitrogens is 2. The van der Waals surface area contributed by atoms with Crippen molar-refractivity contribution in [3.8, 4) is 0 Å². The molecule has 2 aliphatic heterocycles. The van der Waals surface area contributed by atoms with Crippen LogP contribution in [0.1, 0.15) is 123 Å². The Balaban J connectivity index is 0.972. The first-order chi connectivity index (χ1) is 28.4. The second kappa shape index (κ2) is 19.2. The number of aromatic amines is 2. The Hall–Kier alpha value is -5.58. The fourth-order valence-electron chi connectivity index (χ4n) is 8.71. The minimum atomic E-state index is -0.308. The number of nitrogens with zero attached hydrogens (tertiary/aromatic N) is 6. The summed E-state index contributed by atoms with van der Waals surface area (Å²) in [6.45, 7) is 13.1. The number of carbonyl (C=O) groups is 2. The van der Waals surface area contributed by atoms with Gasteiger partial charge in [0.1, 0.15) is 23.7 Å². The number of carbonyl (C=O) groups excluding carboxylic acids is 2. The van der Waals surface area contributed by atoms with Gasteiger partial charge in [0.05, 0.1) is 35.9 Å². The number of hydrogen-bond donors (Lipinski definition) is 2. The first-order valence-corrected chi connectivity index (χ1v) is 21.2. The molecule has 2 saturated heterocycles. The van der Waals surface area contributed by atoms with Gasteiger partial charge < -0.3 is 19.8 Å². The number of amides is 2. The maximum Gasteiger partial charge on any atom is 0.245 e. The molecule has 0 radical (unpaired) electrons. The normalized spacial score (nSPS) is 18.3. The lowest BCUT2D eigenvalue weighted by Crippen LogP contribution is -2.43. The Morgan fingerprint density at radius 3 is 1.34 bits per heavy atom. The zero-order chi connectivity index (χ0) is 40.4. The molecular weight excluding hydrogens is 721 g/mol. The van der Waals surface area contributed by atoms with Crippen molar-refractivity contribution in [2.24, 2.45) is 0 Å². The predicted octanol–water partition coefficient (Wildman–Crippen LogP) is 8.97. The van der Waals surface area contributed by atoms with E-state index in [4.69, 9.17) is 9.97 Å². The van der Waals surface area contributed by atoms with E-state index < -0.39 is 0 Å². The Labute approximate surface area is 343 Å². The molecule has 2 aliphatic rings. The highest BCUT2D eigenvalue weighted by Gasteiger charge is 2.39. The van der Waals surface area contributed by atoms with Gasteiger partial charge in [-0.15, -0.1) is 0 Å². The van der Waals surface area contributed by atoms with Crippen molar-refractivity contribution in [3.05, 3.63) is 143 Å². The van der Waals surface area contributed by atoms with Crippen LogP contribution in [0.5, 0.6) is 0 Å². The summed E-state index contributed by atoms with van der Waals surface area (Å²) in [6.07, 6.45) is 15.6. The highest BCUT2D eigenvalue weighted by molar-refractivity contribution is 5.85. The first-order valence-electron chi connectivity index (χ1n) is 21.2. The molecule has 0 saturated carbocycles. The van der Waals surface area contributed by atoms with Crippen molar-refractivity contribution in [1.29, 1.82) is 0 Å². The molecule has 302 valence electrons. The average molecular weight is 779 g/mol. The maximum absolute atomic E-state index is 14.2. The second-order valence-electron chi connectivity index (χ2n) is 15.2. The van der Waals surface area contributed by atoms with Crippen molar-refractivity contribution in [3.63, 3.8) is 0 Å². The van der Waals surface area contributed by atoms with Crippen molar-refractivity contribution in [2.45, 2.75) is 77.5 Å². The van der Waals surface area contributed by atoms with E-state index in [0.29, 0.717) is 0 Å². The van der Waals surface area contributed by atoms with E-state index in [1.165, 1.54) is 0 Å². The molecule has 4 heterocycles. The summed E-state index contributed by atoms with van der Waals surface area (Å²) in [5.74, 6) is 1.96. The van der Waals surface area contributed by atoms with Gasteiger partial charge in [0.25, 0.3) is 0 Å². The second-order valence-corrected chi connectivity index (χ2v) is 15.2. The van der Waals surface area contributed by atoms with Crippen LogP contribution in [0, 0.1) is 0 Å². The van der Waals surface area contributed by atoms with E-state index in [-0.39, 0.29) is 36.0 Å². The van der Waals surface area contributed by atoms with Crippen LogP contribution < -0.4 is 0 Å². The van der Waals surface area contributed by atoms with Gasteiger partial charge in [-0.1, -0.05) is 125 Å². The van der Waals surface area contributed by atoms with E-state index in [1.54, 1.807) is 0 Å². The Bertz CT molecular complexity index is 1980. The first kappa shape index (κ1) is 40.6. The van der Waals surface area contributed by atoms with Crippen LogP contribution in [0.2, 0.25) is 0 Å². The number of aromatic nitrogens is 4. The maximum atomic E-state index is 14.2. The fourth-order valence-corrected chi connectivity index (χ4v) is 8.71. The summed E-state index contributed by atoms with van der Waals surface area (Å²) < 4.78 is 0. The van der Waals surface area contributed by atoms with Gasteiger partial charge in [-0.2, -0.15) is 0 Å².